The van der Waals surface area contributed by atoms with E-state index in [1.165, 1.54) is 11.3 Å². The number of alkyl halides is 3. The third kappa shape index (κ3) is 9.23. The number of carbonyl (C=O) groups excluding carboxylic acids is 1. The van der Waals surface area contributed by atoms with Gasteiger partial charge in [-0.25, -0.2) is 0 Å². The fraction of sp³-hybridized carbons (Fsp3) is 0.381. The van der Waals surface area contributed by atoms with Crippen molar-refractivity contribution in [1.29, 1.82) is 0 Å². The second-order valence-corrected chi connectivity index (χ2v) is 6.24. The molecule has 2 aromatic rings. The highest BCUT2D eigenvalue weighted by Gasteiger charge is 2.28. The number of aliphatic carboxylic acids is 1. The number of benzene rings is 2. The quantitative estimate of drug-likeness (QED) is 0.491. The van der Waals surface area contributed by atoms with Crippen molar-refractivity contribution in [2.75, 3.05) is 31.7 Å². The predicted molar refractivity (Wildman–Crippen MR) is 104 cm³/mol. The molecule has 2 rings (SSSR count). The van der Waals surface area contributed by atoms with Gasteiger partial charge in [-0.05, 0) is 31.5 Å². The van der Waals surface area contributed by atoms with Gasteiger partial charge in [0.15, 0.2) is 6.61 Å². The van der Waals surface area contributed by atoms with E-state index in [-0.39, 0.29) is 0 Å². The van der Waals surface area contributed by atoms with Crippen molar-refractivity contribution in [2.45, 2.75) is 26.4 Å². The number of rotatable bonds is 8. The Balaban J connectivity index is 0.000000516. The first kappa shape index (κ1) is 24.1. The maximum absolute atomic E-state index is 10.5. The van der Waals surface area contributed by atoms with Crippen LogP contribution >= 0.6 is 0 Å². The average Bonchev–Trinajstić information content (AvgIpc) is 2.67. The van der Waals surface area contributed by atoms with Gasteiger partial charge < -0.3 is 24.3 Å². The van der Waals surface area contributed by atoms with E-state index in [0.717, 1.165) is 24.5 Å². The van der Waals surface area contributed by atoms with E-state index in [1.807, 2.05) is 18.2 Å². The number of carboxylic acids is 1. The third-order valence-electron chi connectivity index (χ3n) is 3.75. The van der Waals surface area contributed by atoms with Gasteiger partial charge in [0.05, 0.1) is 0 Å². The molecule has 29 heavy (non-hydrogen) atoms. The summed E-state index contributed by atoms with van der Waals surface area (Å²) in [6.45, 7) is 6.54. The van der Waals surface area contributed by atoms with Gasteiger partial charge >= 0.3 is 6.18 Å². The number of halogens is 3. The molecule has 0 amide bonds. The molecule has 1 N–H and O–H groups in total. The summed E-state index contributed by atoms with van der Waals surface area (Å²) in [6.07, 6.45) is -4.07. The molecule has 0 aliphatic carbocycles. The van der Waals surface area contributed by atoms with Crippen molar-refractivity contribution in [2.24, 2.45) is 0 Å². The van der Waals surface area contributed by atoms with Crippen molar-refractivity contribution in [1.82, 2.24) is 0 Å². The summed E-state index contributed by atoms with van der Waals surface area (Å²) < 4.78 is 41.9. The maximum Gasteiger partial charge on any atom is 0.430 e. The van der Waals surface area contributed by atoms with Crippen LogP contribution in [0.5, 0.6) is 11.5 Å². The lowest BCUT2D eigenvalue weighted by molar-refractivity contribution is -0.344. The van der Waals surface area contributed by atoms with E-state index in [0.29, 0.717) is 13.2 Å². The summed E-state index contributed by atoms with van der Waals surface area (Å²) in [5.74, 6) is -1.07. The number of aliphatic hydroxyl groups is 1. The van der Waals surface area contributed by atoms with Crippen molar-refractivity contribution in [3.05, 3.63) is 54.1 Å². The zero-order chi connectivity index (χ0) is 21.9. The fourth-order valence-corrected chi connectivity index (χ4v) is 2.34. The van der Waals surface area contributed by atoms with Crippen LogP contribution in [0.4, 0.5) is 18.9 Å². The summed E-state index contributed by atoms with van der Waals surface area (Å²) in [5.41, 5.74) is 2.42. The highest BCUT2D eigenvalue weighted by atomic mass is 19.4. The van der Waals surface area contributed by atoms with Gasteiger partial charge in [-0.2, -0.15) is 13.2 Å². The van der Waals surface area contributed by atoms with Crippen molar-refractivity contribution in [3.63, 3.8) is 0 Å². The van der Waals surface area contributed by atoms with Crippen molar-refractivity contribution < 1.29 is 32.5 Å². The average molecular weight is 413 g/mol. The molecule has 0 aromatic heterocycles. The number of carbonyl (C=O) groups is 1. The third-order valence-corrected chi connectivity index (χ3v) is 3.75. The summed E-state index contributed by atoms with van der Waals surface area (Å²) in [4.78, 5) is 11.0. The molecule has 0 saturated carbocycles. The Morgan fingerprint density at radius 2 is 1.72 bits per heavy atom. The number of para-hydroxylation sites is 2. The molecule has 0 atom stereocenters. The minimum Gasteiger partial charge on any atom is -0.579 e. The maximum atomic E-state index is 10.5. The number of hydrogen-bond acceptors (Lipinski definition) is 4. The van der Waals surface area contributed by atoms with Gasteiger partial charge in [-0.1, -0.05) is 36.8 Å². The number of anilines is 1. The topological polar surface area (TPSA) is 65.4 Å². The Morgan fingerprint density at radius 1 is 1.14 bits per heavy atom. The van der Waals surface area contributed by atoms with E-state index in [1.54, 1.807) is 0 Å². The van der Waals surface area contributed by atoms with Crippen molar-refractivity contribution >= 4 is 11.7 Å². The van der Waals surface area contributed by atoms with Crippen LogP contribution in [-0.2, 0) is 4.79 Å². The lowest BCUT2D eigenvalue weighted by Gasteiger charge is -2.19. The lowest BCUT2D eigenvalue weighted by atomic mass is 10.2. The first-order valence-corrected chi connectivity index (χ1v) is 9.10. The van der Waals surface area contributed by atoms with Crippen LogP contribution in [-0.4, -0.2) is 43.7 Å². The Morgan fingerprint density at radius 3 is 2.28 bits per heavy atom. The number of aromatic hydroxyl groups is 1. The minimum absolute atomic E-state index is 0.592. The molecule has 0 aliphatic heterocycles. The highest BCUT2D eigenvalue weighted by molar-refractivity contribution is 5.70. The summed E-state index contributed by atoms with van der Waals surface area (Å²) in [6, 6.07) is 16.4. The molecular formula is C21H26F3NO4. The van der Waals surface area contributed by atoms with E-state index < -0.39 is 12.1 Å². The molecule has 0 bridgehead atoms. The lowest BCUT2D eigenvalue weighted by Crippen LogP contribution is -2.37. The smallest absolute Gasteiger partial charge is 0.430 e. The molecule has 0 radical (unpaired) electrons. The van der Waals surface area contributed by atoms with E-state index in [9.17, 15) is 13.2 Å². The monoisotopic (exact) mass is 413 g/mol. The van der Waals surface area contributed by atoms with E-state index in [4.69, 9.17) is 14.6 Å². The second-order valence-electron chi connectivity index (χ2n) is 6.24. The molecular weight excluding hydrogens is 387 g/mol. The number of carboxylic acid groups (broad SMARTS) is 1. The first-order valence-electron chi connectivity index (χ1n) is 9.10. The minimum atomic E-state index is -5.19. The Hall–Kier alpha value is -2.90. The Kier molecular flexibility index (Phi) is 9.85. The Bertz CT molecular complexity index is 748. The molecule has 160 valence electrons. The van der Waals surface area contributed by atoms with Crippen LogP contribution in [0, 0.1) is 6.92 Å². The van der Waals surface area contributed by atoms with Crippen molar-refractivity contribution in [3.8, 4) is 11.5 Å². The van der Waals surface area contributed by atoms with Crippen LogP contribution in [0.25, 0.3) is 0 Å². The van der Waals surface area contributed by atoms with E-state index in [2.05, 4.69) is 60.9 Å². The number of nitrogens with zero attached hydrogens (tertiary/aromatic N) is 1. The second kappa shape index (κ2) is 11.8. The fourth-order valence-electron chi connectivity index (χ4n) is 2.34. The van der Waals surface area contributed by atoms with Gasteiger partial charge in [0.2, 0.25) is 6.61 Å². The molecule has 8 heteroatoms. The molecule has 0 unspecified atom stereocenters. The molecule has 2 aromatic carbocycles. The van der Waals surface area contributed by atoms with Crippen LogP contribution in [0.15, 0.2) is 48.5 Å². The molecule has 0 aliphatic rings. The van der Waals surface area contributed by atoms with Gasteiger partial charge in [0.25, 0.3) is 5.75 Å². The highest BCUT2D eigenvalue weighted by Crippen LogP contribution is 2.27. The van der Waals surface area contributed by atoms with Gasteiger partial charge in [-0.15, -0.1) is 0 Å². The largest absolute Gasteiger partial charge is 0.579 e. The van der Waals surface area contributed by atoms with E-state index >= 15 is 0 Å². The molecule has 0 spiro atoms. The van der Waals surface area contributed by atoms with Gasteiger partial charge in [-0.3, -0.25) is 0 Å². The Labute approximate surface area is 168 Å². The number of ether oxygens (including phenoxy) is 2. The number of hydrogen-bond donors (Lipinski definition) is 0. The molecule has 5 nitrogen and oxygen atoms in total. The number of aryl methyl sites for hydroxylation is 1. The molecule has 0 heterocycles. The zero-order valence-electron chi connectivity index (χ0n) is 16.7. The van der Waals surface area contributed by atoms with Crippen LogP contribution in [0.2, 0.25) is 0 Å². The first-order chi connectivity index (χ1) is 13.6. The van der Waals surface area contributed by atoms with Gasteiger partial charge in [0, 0.05) is 19.7 Å². The molecule has 0 fully saturated rings. The summed E-state index contributed by atoms with van der Waals surface area (Å²) in [7, 11) is 2.11. The SMILES string of the molecule is CCCN(C)c1ccccc1[OH+]CCOc1ccc(C)cc1.O=C([O-])C(F)(F)F. The predicted octanol–water partition coefficient (Wildman–Crippen LogP) is 3.46. The normalized spacial score (nSPS) is 10.6. The summed E-state index contributed by atoms with van der Waals surface area (Å²) >= 11 is 0. The van der Waals surface area contributed by atoms with Gasteiger partial charge in [0.1, 0.15) is 17.4 Å². The summed E-state index contributed by atoms with van der Waals surface area (Å²) in [5, 5.41) is 8.78. The van der Waals surface area contributed by atoms with Crippen LogP contribution in [0.1, 0.15) is 18.9 Å². The molecule has 0 saturated heterocycles. The van der Waals surface area contributed by atoms with Crippen LogP contribution in [0.3, 0.4) is 0 Å². The van der Waals surface area contributed by atoms with Crippen LogP contribution < -0.4 is 14.7 Å². The zero-order valence-corrected chi connectivity index (χ0v) is 16.7. The standard InChI is InChI=1S/C19H25NO2.C2HF3O2/c1-4-13-20(3)18-7-5-6-8-19(18)22-15-14-21-17-11-9-16(2)10-12-17;3-2(4,5)1(6)7/h5-12H,4,13-15H2,1-3H3;(H,6,7).